The molecule has 1 saturated heterocycles. The lowest BCUT2D eigenvalue weighted by molar-refractivity contribution is -0.117. The Bertz CT molecular complexity index is 990. The van der Waals surface area contributed by atoms with Crippen molar-refractivity contribution in [2.75, 3.05) is 10.2 Å². The van der Waals surface area contributed by atoms with Gasteiger partial charge < -0.3 is 9.84 Å². The number of nitrogens with one attached hydrogen (secondary N) is 1. The topological polar surface area (TPSA) is 97.0 Å². The maximum Gasteiger partial charge on any atom is 0.249 e. The van der Waals surface area contributed by atoms with E-state index in [-0.39, 0.29) is 18.0 Å². The SMILES string of the molecule is C[C@@H](Nc1nccc(N2C(=O)CC[C@@H]2C)n1)c1nc(-c2ccc(Cl)cc2)no1. The molecule has 28 heavy (non-hydrogen) atoms. The Balaban J connectivity index is 1.50. The zero-order valence-corrected chi connectivity index (χ0v) is 16.2. The number of nitrogens with zero attached hydrogens (tertiary/aromatic N) is 5. The van der Waals surface area contributed by atoms with Crippen molar-refractivity contribution in [2.45, 2.75) is 38.8 Å². The highest BCUT2D eigenvalue weighted by Gasteiger charge is 2.30. The first-order valence-corrected chi connectivity index (χ1v) is 9.40. The predicted octanol–water partition coefficient (Wildman–Crippen LogP) is 3.87. The fourth-order valence-electron chi connectivity index (χ4n) is 3.12. The molecule has 0 unspecified atom stereocenters. The molecule has 0 saturated carbocycles. The fraction of sp³-hybridized carbons (Fsp3) is 0.316. The Hall–Kier alpha value is -3.00. The van der Waals surface area contributed by atoms with Crippen molar-refractivity contribution in [1.29, 1.82) is 0 Å². The second-order valence-corrected chi connectivity index (χ2v) is 7.16. The molecule has 3 heterocycles. The third kappa shape index (κ3) is 3.68. The van der Waals surface area contributed by atoms with E-state index in [2.05, 4.69) is 25.4 Å². The van der Waals surface area contributed by atoms with Gasteiger partial charge in [0.1, 0.15) is 11.9 Å². The van der Waals surface area contributed by atoms with Gasteiger partial charge in [-0.3, -0.25) is 9.69 Å². The first kappa shape index (κ1) is 18.4. The summed E-state index contributed by atoms with van der Waals surface area (Å²) in [6, 6.07) is 8.76. The van der Waals surface area contributed by atoms with Crippen molar-refractivity contribution >= 4 is 29.3 Å². The van der Waals surface area contributed by atoms with E-state index >= 15 is 0 Å². The quantitative estimate of drug-likeness (QED) is 0.696. The van der Waals surface area contributed by atoms with E-state index in [0.29, 0.717) is 34.9 Å². The minimum Gasteiger partial charge on any atom is -0.343 e. The van der Waals surface area contributed by atoms with Gasteiger partial charge >= 0.3 is 0 Å². The first-order valence-electron chi connectivity index (χ1n) is 9.02. The molecule has 1 N–H and O–H groups in total. The smallest absolute Gasteiger partial charge is 0.249 e. The average Bonchev–Trinajstić information content (AvgIpc) is 3.30. The van der Waals surface area contributed by atoms with Crippen molar-refractivity contribution in [1.82, 2.24) is 20.1 Å². The molecule has 0 bridgehead atoms. The first-order chi connectivity index (χ1) is 13.5. The van der Waals surface area contributed by atoms with Crippen LogP contribution in [0.15, 0.2) is 41.1 Å². The summed E-state index contributed by atoms with van der Waals surface area (Å²) >= 11 is 5.91. The summed E-state index contributed by atoms with van der Waals surface area (Å²) in [5.41, 5.74) is 0.811. The number of rotatable bonds is 5. The summed E-state index contributed by atoms with van der Waals surface area (Å²) in [6.07, 6.45) is 3.00. The van der Waals surface area contributed by atoms with E-state index in [1.807, 2.05) is 26.0 Å². The molecule has 1 fully saturated rings. The fourth-order valence-corrected chi connectivity index (χ4v) is 3.24. The Kier molecular flexibility index (Phi) is 4.95. The molecule has 8 nitrogen and oxygen atoms in total. The minimum atomic E-state index is -0.310. The molecule has 3 aromatic rings. The van der Waals surface area contributed by atoms with Crippen LogP contribution in [0.2, 0.25) is 5.02 Å². The minimum absolute atomic E-state index is 0.0784. The van der Waals surface area contributed by atoms with Gasteiger partial charge in [0.05, 0.1) is 0 Å². The van der Waals surface area contributed by atoms with E-state index in [4.69, 9.17) is 16.1 Å². The molecule has 0 radical (unpaired) electrons. The highest BCUT2D eigenvalue weighted by atomic mass is 35.5. The molecular weight excluding hydrogens is 380 g/mol. The normalized spacial score (nSPS) is 17.8. The van der Waals surface area contributed by atoms with Crippen LogP contribution in [-0.4, -0.2) is 32.1 Å². The van der Waals surface area contributed by atoms with Gasteiger partial charge in [-0.25, -0.2) is 4.98 Å². The van der Waals surface area contributed by atoms with Crippen molar-refractivity contribution in [3.8, 4) is 11.4 Å². The summed E-state index contributed by atoms with van der Waals surface area (Å²) in [7, 11) is 0. The number of benzene rings is 1. The molecule has 0 spiro atoms. The molecule has 1 aliphatic rings. The standard InChI is InChI=1S/C19H19ClN6O2/c1-11-3-8-16(27)26(11)15-9-10-21-19(23-15)22-12(2)18-24-17(25-28-18)13-4-6-14(20)7-5-13/h4-7,9-12H,3,8H2,1-2H3,(H,21,22,23)/t11-,12+/m0/s1. The summed E-state index contributed by atoms with van der Waals surface area (Å²) in [4.78, 5) is 27.0. The van der Waals surface area contributed by atoms with Crippen molar-refractivity contribution in [3.63, 3.8) is 0 Å². The molecule has 9 heteroatoms. The molecule has 0 aliphatic carbocycles. The number of hydrogen-bond acceptors (Lipinski definition) is 7. The monoisotopic (exact) mass is 398 g/mol. The average molecular weight is 399 g/mol. The molecular formula is C19H19ClN6O2. The van der Waals surface area contributed by atoms with Crippen molar-refractivity contribution in [2.24, 2.45) is 0 Å². The van der Waals surface area contributed by atoms with Gasteiger partial charge in [-0.1, -0.05) is 16.8 Å². The van der Waals surface area contributed by atoms with Crippen LogP contribution >= 0.6 is 11.6 Å². The number of hydrogen-bond donors (Lipinski definition) is 1. The van der Waals surface area contributed by atoms with Crippen LogP contribution in [0.4, 0.5) is 11.8 Å². The van der Waals surface area contributed by atoms with Gasteiger partial charge in [0.2, 0.25) is 23.6 Å². The van der Waals surface area contributed by atoms with E-state index in [1.165, 1.54) is 0 Å². The van der Waals surface area contributed by atoms with Crippen molar-refractivity contribution < 1.29 is 9.32 Å². The number of aromatic nitrogens is 4. The third-order valence-corrected chi connectivity index (χ3v) is 4.89. The van der Waals surface area contributed by atoms with Gasteiger partial charge in [-0.05, 0) is 50.6 Å². The Labute approximate surface area is 166 Å². The van der Waals surface area contributed by atoms with Gasteiger partial charge in [-0.2, -0.15) is 9.97 Å². The third-order valence-electron chi connectivity index (χ3n) is 4.63. The molecule has 1 aliphatic heterocycles. The maximum atomic E-state index is 12.1. The summed E-state index contributed by atoms with van der Waals surface area (Å²) in [6.45, 7) is 3.89. The lowest BCUT2D eigenvalue weighted by Gasteiger charge is -2.21. The van der Waals surface area contributed by atoms with E-state index in [9.17, 15) is 4.79 Å². The molecule has 2 atom stereocenters. The number of amides is 1. The van der Waals surface area contributed by atoms with Crippen molar-refractivity contribution in [3.05, 3.63) is 47.4 Å². The van der Waals surface area contributed by atoms with E-state index < -0.39 is 0 Å². The highest BCUT2D eigenvalue weighted by Crippen LogP contribution is 2.26. The molecule has 144 valence electrons. The van der Waals surface area contributed by atoms with E-state index in [1.54, 1.807) is 29.3 Å². The van der Waals surface area contributed by atoms with E-state index in [0.717, 1.165) is 12.0 Å². The summed E-state index contributed by atoms with van der Waals surface area (Å²) < 4.78 is 5.37. The van der Waals surface area contributed by atoms with Crippen LogP contribution in [0.25, 0.3) is 11.4 Å². The van der Waals surface area contributed by atoms with Crippen LogP contribution in [0.1, 0.15) is 38.6 Å². The van der Waals surface area contributed by atoms with Gasteiger partial charge in [0.15, 0.2) is 0 Å². The Morgan fingerprint density at radius 2 is 2.04 bits per heavy atom. The van der Waals surface area contributed by atoms with Gasteiger partial charge in [0.25, 0.3) is 0 Å². The van der Waals surface area contributed by atoms with Crippen LogP contribution in [0, 0.1) is 0 Å². The number of halogens is 1. The Morgan fingerprint density at radius 3 is 2.75 bits per heavy atom. The van der Waals surface area contributed by atoms with Crippen LogP contribution in [0.5, 0.6) is 0 Å². The molecule has 4 rings (SSSR count). The molecule has 1 aromatic carbocycles. The van der Waals surface area contributed by atoms with Crippen LogP contribution in [-0.2, 0) is 4.79 Å². The number of carbonyl (C=O) groups excluding carboxylic acids is 1. The van der Waals surface area contributed by atoms with Crippen LogP contribution < -0.4 is 10.2 Å². The van der Waals surface area contributed by atoms with Gasteiger partial charge in [0, 0.05) is 29.2 Å². The summed E-state index contributed by atoms with van der Waals surface area (Å²) in [5.74, 6) is 1.95. The lowest BCUT2D eigenvalue weighted by atomic mass is 10.2. The predicted molar refractivity (Wildman–Crippen MR) is 105 cm³/mol. The van der Waals surface area contributed by atoms with Gasteiger partial charge in [-0.15, -0.1) is 0 Å². The zero-order valence-electron chi connectivity index (χ0n) is 15.5. The number of carbonyl (C=O) groups is 1. The second kappa shape index (κ2) is 7.55. The largest absolute Gasteiger partial charge is 0.343 e. The highest BCUT2D eigenvalue weighted by molar-refractivity contribution is 6.30. The van der Waals surface area contributed by atoms with Crippen LogP contribution in [0.3, 0.4) is 0 Å². The maximum absolute atomic E-state index is 12.1. The Morgan fingerprint density at radius 1 is 1.25 bits per heavy atom. The number of anilines is 2. The molecule has 2 aromatic heterocycles. The zero-order chi connectivity index (χ0) is 19.7. The molecule has 1 amide bonds. The lowest BCUT2D eigenvalue weighted by Crippen LogP contribution is -2.31. The second-order valence-electron chi connectivity index (χ2n) is 6.72. The summed E-state index contributed by atoms with van der Waals surface area (Å²) in [5, 5.41) is 7.81.